The third kappa shape index (κ3) is 1.98. The Morgan fingerprint density at radius 2 is 2.11 bits per heavy atom. The summed E-state index contributed by atoms with van der Waals surface area (Å²) in [4.78, 5) is 13.4. The molecule has 1 aliphatic heterocycles. The number of benzene rings is 1. The van der Waals surface area contributed by atoms with E-state index in [0.717, 1.165) is 6.07 Å². The number of carbonyl (C=O) groups excluding carboxylic acids is 1. The zero-order valence-corrected chi connectivity index (χ0v) is 10.2. The van der Waals surface area contributed by atoms with Gasteiger partial charge in [0.25, 0.3) is 0 Å². The van der Waals surface area contributed by atoms with Crippen LogP contribution in [0.15, 0.2) is 18.2 Å². The highest BCUT2D eigenvalue weighted by atomic mass is 19.4. The first kappa shape index (κ1) is 12.9. The second kappa shape index (κ2) is 4.30. The molecule has 5 heteroatoms. The van der Waals surface area contributed by atoms with Gasteiger partial charge < -0.3 is 4.90 Å². The topological polar surface area (TPSA) is 20.3 Å². The minimum absolute atomic E-state index is 0.138. The Bertz CT molecular complexity index is 482. The number of fused-ring (bicyclic) bond motifs is 1. The van der Waals surface area contributed by atoms with Crippen LogP contribution < -0.4 is 4.90 Å². The smallest absolute Gasteiger partial charge is 0.370 e. The van der Waals surface area contributed by atoms with E-state index in [1.807, 2.05) is 11.8 Å². The zero-order valence-electron chi connectivity index (χ0n) is 10.2. The van der Waals surface area contributed by atoms with E-state index in [2.05, 4.69) is 0 Å². The molecule has 0 aromatic heterocycles. The van der Waals surface area contributed by atoms with Crippen LogP contribution in [0, 0.1) is 0 Å². The third-order valence-electron chi connectivity index (χ3n) is 3.35. The predicted octanol–water partition coefficient (Wildman–Crippen LogP) is 3.22. The average molecular weight is 257 g/mol. The van der Waals surface area contributed by atoms with Crippen molar-refractivity contribution in [2.24, 2.45) is 0 Å². The van der Waals surface area contributed by atoms with Crippen molar-refractivity contribution >= 4 is 11.5 Å². The lowest BCUT2D eigenvalue weighted by atomic mass is 9.93. The lowest BCUT2D eigenvalue weighted by Crippen LogP contribution is -2.23. The van der Waals surface area contributed by atoms with E-state index in [4.69, 9.17) is 0 Å². The SMILES string of the molecule is CCN1CC(C(C)=O)c2c1cccc2C(F)(F)F. The molecule has 1 aromatic carbocycles. The molecule has 0 fully saturated rings. The maximum atomic E-state index is 13.0. The lowest BCUT2D eigenvalue weighted by molar-refractivity contribution is -0.138. The summed E-state index contributed by atoms with van der Waals surface area (Å²) < 4.78 is 38.9. The fourth-order valence-electron chi connectivity index (χ4n) is 2.48. The molecule has 1 unspecified atom stereocenters. The number of rotatable bonds is 2. The number of alkyl halides is 3. The van der Waals surface area contributed by atoms with Crippen LogP contribution in [0.25, 0.3) is 0 Å². The van der Waals surface area contributed by atoms with Crippen LogP contribution in [0.1, 0.15) is 30.9 Å². The van der Waals surface area contributed by atoms with E-state index in [9.17, 15) is 18.0 Å². The molecule has 0 bridgehead atoms. The Hall–Kier alpha value is -1.52. The maximum absolute atomic E-state index is 13.0. The monoisotopic (exact) mass is 257 g/mol. The number of hydrogen-bond acceptors (Lipinski definition) is 2. The molecule has 1 heterocycles. The van der Waals surface area contributed by atoms with Crippen molar-refractivity contribution in [2.45, 2.75) is 25.9 Å². The van der Waals surface area contributed by atoms with Crippen LogP contribution in [-0.2, 0) is 11.0 Å². The molecule has 0 radical (unpaired) electrons. The Kier molecular flexibility index (Phi) is 3.09. The molecule has 0 N–H and O–H groups in total. The van der Waals surface area contributed by atoms with Crippen molar-refractivity contribution in [1.82, 2.24) is 0 Å². The molecule has 0 saturated heterocycles. The molecular formula is C13H14F3NO. The van der Waals surface area contributed by atoms with E-state index in [1.165, 1.54) is 13.0 Å². The Balaban J connectivity index is 2.62. The van der Waals surface area contributed by atoms with Crippen LogP contribution in [0.2, 0.25) is 0 Å². The second-order valence-electron chi connectivity index (χ2n) is 4.44. The highest BCUT2D eigenvalue weighted by molar-refractivity contribution is 5.89. The minimum atomic E-state index is -4.41. The van der Waals surface area contributed by atoms with Gasteiger partial charge in [0.1, 0.15) is 5.78 Å². The summed E-state index contributed by atoms with van der Waals surface area (Å²) >= 11 is 0. The number of anilines is 1. The first-order chi connectivity index (χ1) is 8.36. The average Bonchev–Trinajstić information content (AvgIpc) is 2.66. The second-order valence-corrected chi connectivity index (χ2v) is 4.44. The van der Waals surface area contributed by atoms with Crippen molar-refractivity contribution < 1.29 is 18.0 Å². The molecule has 1 aromatic rings. The summed E-state index contributed by atoms with van der Waals surface area (Å²) in [5.41, 5.74) is -0.0111. The normalized spacial score (nSPS) is 18.9. The van der Waals surface area contributed by atoms with Crippen molar-refractivity contribution in [3.8, 4) is 0 Å². The zero-order chi connectivity index (χ0) is 13.5. The summed E-state index contributed by atoms with van der Waals surface area (Å²) in [6, 6.07) is 4.10. The van der Waals surface area contributed by atoms with Gasteiger partial charge in [-0.05, 0) is 31.5 Å². The number of ketones is 1. The van der Waals surface area contributed by atoms with Gasteiger partial charge in [0, 0.05) is 18.8 Å². The van der Waals surface area contributed by atoms with Gasteiger partial charge in [0.05, 0.1) is 11.5 Å². The summed E-state index contributed by atoms with van der Waals surface area (Å²) in [6.45, 7) is 4.15. The number of nitrogens with zero attached hydrogens (tertiary/aromatic N) is 1. The minimum Gasteiger partial charge on any atom is -0.370 e. The standard InChI is InChI=1S/C13H14F3NO/c1-3-17-7-9(8(2)18)12-10(13(14,15)16)5-4-6-11(12)17/h4-6,9H,3,7H2,1-2H3. The van der Waals surface area contributed by atoms with Crippen molar-refractivity contribution in [3.05, 3.63) is 29.3 Å². The number of halogens is 3. The summed E-state index contributed by atoms with van der Waals surface area (Å²) in [6.07, 6.45) is -4.41. The van der Waals surface area contributed by atoms with Gasteiger partial charge in [-0.1, -0.05) is 6.07 Å². The van der Waals surface area contributed by atoms with Crippen LogP contribution in [0.5, 0.6) is 0 Å². The van der Waals surface area contributed by atoms with Crippen LogP contribution in [0.3, 0.4) is 0 Å². The molecular weight excluding hydrogens is 243 g/mol. The third-order valence-corrected chi connectivity index (χ3v) is 3.35. The Labute approximate surface area is 103 Å². The summed E-state index contributed by atoms with van der Waals surface area (Å²) in [5, 5.41) is 0. The van der Waals surface area contributed by atoms with Crippen LogP contribution in [-0.4, -0.2) is 18.9 Å². The summed E-state index contributed by atoms with van der Waals surface area (Å²) in [7, 11) is 0. The molecule has 0 spiro atoms. The number of hydrogen-bond donors (Lipinski definition) is 0. The van der Waals surface area contributed by atoms with Crippen molar-refractivity contribution in [1.29, 1.82) is 0 Å². The van der Waals surface area contributed by atoms with E-state index in [1.54, 1.807) is 6.07 Å². The molecule has 2 rings (SSSR count). The van der Waals surface area contributed by atoms with E-state index < -0.39 is 17.7 Å². The van der Waals surface area contributed by atoms with Crippen LogP contribution >= 0.6 is 0 Å². The number of likely N-dealkylation sites (N-methyl/N-ethyl adjacent to an activating group) is 1. The molecule has 98 valence electrons. The Morgan fingerprint density at radius 1 is 1.44 bits per heavy atom. The quantitative estimate of drug-likeness (QED) is 0.810. The molecule has 18 heavy (non-hydrogen) atoms. The van der Waals surface area contributed by atoms with Gasteiger partial charge in [-0.3, -0.25) is 4.79 Å². The molecule has 0 aliphatic carbocycles. The first-order valence-corrected chi connectivity index (χ1v) is 5.81. The van der Waals surface area contributed by atoms with Gasteiger partial charge in [-0.2, -0.15) is 13.2 Å². The Morgan fingerprint density at radius 3 is 2.61 bits per heavy atom. The first-order valence-electron chi connectivity index (χ1n) is 5.81. The highest BCUT2D eigenvalue weighted by Gasteiger charge is 2.41. The predicted molar refractivity (Wildman–Crippen MR) is 62.8 cm³/mol. The van der Waals surface area contributed by atoms with E-state index >= 15 is 0 Å². The highest BCUT2D eigenvalue weighted by Crippen LogP contribution is 2.44. The molecule has 2 nitrogen and oxygen atoms in total. The summed E-state index contributed by atoms with van der Waals surface area (Å²) in [5.74, 6) is -0.887. The van der Waals surface area contributed by atoms with E-state index in [-0.39, 0.29) is 11.3 Å². The maximum Gasteiger partial charge on any atom is 0.416 e. The molecule has 1 atom stereocenters. The lowest BCUT2D eigenvalue weighted by Gasteiger charge is -2.17. The van der Waals surface area contributed by atoms with Crippen molar-refractivity contribution in [2.75, 3.05) is 18.0 Å². The number of carbonyl (C=O) groups is 1. The largest absolute Gasteiger partial charge is 0.416 e. The van der Waals surface area contributed by atoms with Gasteiger partial charge in [-0.15, -0.1) is 0 Å². The van der Waals surface area contributed by atoms with Crippen LogP contribution in [0.4, 0.5) is 18.9 Å². The van der Waals surface area contributed by atoms with Crippen molar-refractivity contribution in [3.63, 3.8) is 0 Å². The van der Waals surface area contributed by atoms with Gasteiger partial charge in [0.15, 0.2) is 0 Å². The molecule has 0 saturated carbocycles. The fourth-order valence-corrected chi connectivity index (χ4v) is 2.48. The molecule has 0 amide bonds. The number of Topliss-reactive ketones (excluding diaryl/α,β-unsaturated/α-hetero) is 1. The van der Waals surface area contributed by atoms with Gasteiger partial charge in [0.2, 0.25) is 0 Å². The van der Waals surface area contributed by atoms with Gasteiger partial charge in [-0.25, -0.2) is 0 Å². The molecule has 1 aliphatic rings. The van der Waals surface area contributed by atoms with Gasteiger partial charge >= 0.3 is 6.18 Å². The van der Waals surface area contributed by atoms with E-state index in [0.29, 0.717) is 18.8 Å². The fraction of sp³-hybridized carbons (Fsp3) is 0.462.